The van der Waals surface area contributed by atoms with Gasteiger partial charge in [0.15, 0.2) is 0 Å². The van der Waals surface area contributed by atoms with Gasteiger partial charge in [-0.3, -0.25) is 4.79 Å². The van der Waals surface area contributed by atoms with E-state index in [1.54, 1.807) is 0 Å². The van der Waals surface area contributed by atoms with Crippen molar-refractivity contribution in [1.82, 2.24) is 10.6 Å². The van der Waals surface area contributed by atoms with Crippen LogP contribution in [-0.2, 0) is 4.79 Å². The van der Waals surface area contributed by atoms with Crippen molar-refractivity contribution in [3.05, 3.63) is 0 Å². The molecule has 0 aromatic rings. The summed E-state index contributed by atoms with van der Waals surface area (Å²) >= 11 is 0. The molecule has 0 bridgehead atoms. The van der Waals surface area contributed by atoms with Gasteiger partial charge in [-0.05, 0) is 56.0 Å². The van der Waals surface area contributed by atoms with Crippen molar-refractivity contribution in [2.24, 2.45) is 23.7 Å². The Morgan fingerprint density at radius 3 is 2.57 bits per heavy atom. The first-order chi connectivity index (χ1) is 10.2. The highest BCUT2D eigenvalue weighted by Gasteiger charge is 2.43. The molecule has 1 heterocycles. The Labute approximate surface area is 129 Å². The van der Waals surface area contributed by atoms with E-state index >= 15 is 0 Å². The largest absolute Gasteiger partial charge is 0.353 e. The maximum atomic E-state index is 12.2. The van der Waals surface area contributed by atoms with Crippen molar-refractivity contribution in [2.75, 3.05) is 13.1 Å². The van der Waals surface area contributed by atoms with E-state index in [9.17, 15) is 4.79 Å². The average Bonchev–Trinajstić information content (AvgIpc) is 3.28. The van der Waals surface area contributed by atoms with Crippen LogP contribution in [0.25, 0.3) is 0 Å². The SMILES string of the molecule is CC(CC(=O)NC1CC1C1CCCCC1)C1CCNCC1. The number of carbonyl (C=O) groups is 1. The Balaban J connectivity index is 1.36. The van der Waals surface area contributed by atoms with Crippen LogP contribution in [0.2, 0.25) is 0 Å². The third kappa shape index (κ3) is 4.21. The third-order valence-electron chi connectivity index (χ3n) is 6.14. The second kappa shape index (κ2) is 7.13. The molecule has 1 amide bonds. The monoisotopic (exact) mass is 292 g/mol. The van der Waals surface area contributed by atoms with Crippen molar-refractivity contribution in [1.29, 1.82) is 0 Å². The fraction of sp³-hybridized carbons (Fsp3) is 0.944. The first-order valence-electron chi connectivity index (χ1n) is 9.24. The molecule has 2 N–H and O–H groups in total. The van der Waals surface area contributed by atoms with E-state index in [4.69, 9.17) is 0 Å². The molecule has 0 radical (unpaired) electrons. The van der Waals surface area contributed by atoms with Crippen molar-refractivity contribution in [3.63, 3.8) is 0 Å². The van der Waals surface area contributed by atoms with E-state index in [1.165, 1.54) is 51.4 Å². The molecule has 120 valence electrons. The predicted molar refractivity (Wildman–Crippen MR) is 86.0 cm³/mol. The van der Waals surface area contributed by atoms with Gasteiger partial charge in [0.05, 0.1) is 0 Å². The summed E-state index contributed by atoms with van der Waals surface area (Å²) in [6, 6.07) is 0.515. The lowest BCUT2D eigenvalue weighted by molar-refractivity contribution is -0.122. The minimum Gasteiger partial charge on any atom is -0.353 e. The normalized spacial score (nSPS) is 32.6. The van der Waals surface area contributed by atoms with Gasteiger partial charge in [0.25, 0.3) is 0 Å². The molecule has 2 aliphatic carbocycles. The molecular weight excluding hydrogens is 260 g/mol. The number of rotatable bonds is 5. The summed E-state index contributed by atoms with van der Waals surface area (Å²) in [5.74, 6) is 3.31. The molecule has 3 rings (SSSR count). The summed E-state index contributed by atoms with van der Waals surface area (Å²) in [6.07, 6.45) is 11.5. The Hall–Kier alpha value is -0.570. The highest BCUT2D eigenvalue weighted by Crippen LogP contribution is 2.44. The lowest BCUT2D eigenvalue weighted by atomic mass is 9.84. The van der Waals surface area contributed by atoms with Crippen LogP contribution in [0.3, 0.4) is 0 Å². The molecule has 3 fully saturated rings. The zero-order valence-electron chi connectivity index (χ0n) is 13.6. The summed E-state index contributed by atoms with van der Waals surface area (Å²) in [7, 11) is 0. The van der Waals surface area contributed by atoms with E-state index in [-0.39, 0.29) is 0 Å². The van der Waals surface area contributed by atoms with Gasteiger partial charge < -0.3 is 10.6 Å². The molecule has 3 heteroatoms. The van der Waals surface area contributed by atoms with Crippen LogP contribution in [0, 0.1) is 23.7 Å². The quantitative estimate of drug-likeness (QED) is 0.817. The summed E-state index contributed by atoms with van der Waals surface area (Å²) < 4.78 is 0. The number of amides is 1. The van der Waals surface area contributed by atoms with Crippen molar-refractivity contribution < 1.29 is 4.79 Å². The Kier molecular flexibility index (Phi) is 5.20. The molecule has 0 aromatic carbocycles. The van der Waals surface area contributed by atoms with E-state index in [1.807, 2.05) is 0 Å². The van der Waals surface area contributed by atoms with Gasteiger partial charge in [-0.2, -0.15) is 0 Å². The van der Waals surface area contributed by atoms with E-state index in [2.05, 4.69) is 17.6 Å². The number of hydrogen-bond acceptors (Lipinski definition) is 2. The minimum absolute atomic E-state index is 0.310. The van der Waals surface area contributed by atoms with Crippen LogP contribution in [0.15, 0.2) is 0 Å². The second-order valence-corrected chi connectivity index (χ2v) is 7.74. The van der Waals surface area contributed by atoms with Crippen molar-refractivity contribution >= 4 is 5.91 Å². The molecule has 3 nitrogen and oxygen atoms in total. The van der Waals surface area contributed by atoms with Crippen LogP contribution in [0.5, 0.6) is 0 Å². The van der Waals surface area contributed by atoms with Gasteiger partial charge in [0, 0.05) is 12.5 Å². The van der Waals surface area contributed by atoms with Crippen LogP contribution < -0.4 is 10.6 Å². The maximum absolute atomic E-state index is 12.2. The van der Waals surface area contributed by atoms with Crippen molar-refractivity contribution in [3.8, 4) is 0 Å². The van der Waals surface area contributed by atoms with E-state index in [0.717, 1.165) is 37.3 Å². The standard InChI is InChI=1S/C18H32N2O/c1-13(14-7-9-19-10-8-14)11-18(21)20-17-12-16(17)15-5-3-2-4-6-15/h13-17,19H,2-12H2,1H3,(H,20,21). The lowest BCUT2D eigenvalue weighted by Crippen LogP contribution is -2.34. The summed E-state index contributed by atoms with van der Waals surface area (Å²) in [5, 5.41) is 6.72. The number of piperidine rings is 1. The topological polar surface area (TPSA) is 41.1 Å². The van der Waals surface area contributed by atoms with Gasteiger partial charge in [-0.15, -0.1) is 0 Å². The first kappa shape index (κ1) is 15.3. The second-order valence-electron chi connectivity index (χ2n) is 7.74. The molecule has 0 aromatic heterocycles. The smallest absolute Gasteiger partial charge is 0.220 e. The van der Waals surface area contributed by atoms with E-state index < -0.39 is 0 Å². The van der Waals surface area contributed by atoms with Crippen molar-refractivity contribution in [2.45, 2.75) is 70.8 Å². The Morgan fingerprint density at radius 1 is 1.14 bits per heavy atom. The molecular formula is C18H32N2O. The summed E-state index contributed by atoms with van der Waals surface area (Å²) in [6.45, 7) is 4.52. The Morgan fingerprint density at radius 2 is 1.86 bits per heavy atom. The van der Waals surface area contributed by atoms with Crippen LogP contribution in [0.1, 0.15) is 64.7 Å². The molecule has 3 atom stereocenters. The fourth-order valence-corrected chi connectivity index (χ4v) is 4.60. The van der Waals surface area contributed by atoms with E-state index in [0.29, 0.717) is 17.9 Å². The molecule has 0 spiro atoms. The average molecular weight is 292 g/mol. The molecule has 2 saturated carbocycles. The van der Waals surface area contributed by atoms with Gasteiger partial charge in [0.2, 0.25) is 5.91 Å². The van der Waals surface area contributed by atoms with Crippen LogP contribution in [-0.4, -0.2) is 25.0 Å². The number of hydrogen-bond donors (Lipinski definition) is 2. The summed E-state index contributed by atoms with van der Waals surface area (Å²) in [5.41, 5.74) is 0. The third-order valence-corrected chi connectivity index (χ3v) is 6.14. The van der Waals surface area contributed by atoms with Gasteiger partial charge in [-0.1, -0.05) is 39.0 Å². The van der Waals surface area contributed by atoms with Crippen LogP contribution >= 0.6 is 0 Å². The van der Waals surface area contributed by atoms with Gasteiger partial charge in [-0.25, -0.2) is 0 Å². The maximum Gasteiger partial charge on any atom is 0.220 e. The number of carbonyl (C=O) groups excluding carboxylic acids is 1. The molecule has 3 aliphatic rings. The number of nitrogens with one attached hydrogen (secondary N) is 2. The molecule has 21 heavy (non-hydrogen) atoms. The highest BCUT2D eigenvalue weighted by molar-refractivity contribution is 5.76. The minimum atomic E-state index is 0.310. The fourth-order valence-electron chi connectivity index (χ4n) is 4.60. The first-order valence-corrected chi connectivity index (χ1v) is 9.24. The molecule has 3 unspecified atom stereocenters. The Bertz CT molecular complexity index is 345. The molecule has 1 saturated heterocycles. The van der Waals surface area contributed by atoms with Gasteiger partial charge >= 0.3 is 0 Å². The van der Waals surface area contributed by atoms with Gasteiger partial charge in [0.1, 0.15) is 0 Å². The zero-order chi connectivity index (χ0) is 14.7. The highest BCUT2D eigenvalue weighted by atomic mass is 16.1. The predicted octanol–water partition coefficient (Wildman–Crippen LogP) is 3.10. The molecule has 1 aliphatic heterocycles. The lowest BCUT2D eigenvalue weighted by Gasteiger charge is -2.28. The van der Waals surface area contributed by atoms with Crippen LogP contribution in [0.4, 0.5) is 0 Å². The summed E-state index contributed by atoms with van der Waals surface area (Å²) in [4.78, 5) is 12.2. The zero-order valence-corrected chi connectivity index (χ0v) is 13.6.